The van der Waals surface area contributed by atoms with Gasteiger partial charge in [0.05, 0.1) is 28.7 Å². The van der Waals surface area contributed by atoms with Gasteiger partial charge in [-0.1, -0.05) is 71.7 Å². The SMILES string of the molecule is CCOc1cc(C=Nn2c([C@@H](C)CC)nc3ccc(Br)cc3c2=O)cc(Cl)c1OCc1ccccc1. The van der Waals surface area contributed by atoms with Crippen molar-refractivity contribution in [1.29, 1.82) is 0 Å². The van der Waals surface area contributed by atoms with E-state index in [1.807, 2.05) is 56.3 Å². The highest BCUT2D eigenvalue weighted by Gasteiger charge is 2.16. The molecule has 0 spiro atoms. The molecule has 0 aliphatic rings. The Labute approximate surface area is 223 Å². The van der Waals surface area contributed by atoms with Crippen LogP contribution in [0.3, 0.4) is 0 Å². The molecule has 0 N–H and O–H groups in total. The molecule has 8 heteroatoms. The molecule has 36 heavy (non-hydrogen) atoms. The maximum Gasteiger partial charge on any atom is 0.282 e. The molecule has 4 aromatic rings. The van der Waals surface area contributed by atoms with Crippen molar-refractivity contribution >= 4 is 44.6 Å². The Hall–Kier alpha value is -3.16. The summed E-state index contributed by atoms with van der Waals surface area (Å²) in [6, 6.07) is 18.9. The number of ether oxygens (including phenoxy) is 2. The average molecular weight is 569 g/mol. The Morgan fingerprint density at radius 2 is 1.89 bits per heavy atom. The van der Waals surface area contributed by atoms with Crippen LogP contribution in [0.5, 0.6) is 11.5 Å². The van der Waals surface area contributed by atoms with Crippen molar-refractivity contribution in [3.63, 3.8) is 0 Å². The number of hydrogen-bond donors (Lipinski definition) is 0. The Kier molecular flexibility index (Phi) is 8.44. The van der Waals surface area contributed by atoms with Crippen molar-refractivity contribution in [1.82, 2.24) is 9.66 Å². The lowest BCUT2D eigenvalue weighted by atomic mass is 10.1. The van der Waals surface area contributed by atoms with Gasteiger partial charge in [0, 0.05) is 10.4 Å². The monoisotopic (exact) mass is 567 g/mol. The summed E-state index contributed by atoms with van der Waals surface area (Å²) in [6.07, 6.45) is 2.41. The van der Waals surface area contributed by atoms with Crippen LogP contribution in [0.1, 0.15) is 50.1 Å². The highest BCUT2D eigenvalue weighted by molar-refractivity contribution is 9.10. The van der Waals surface area contributed by atoms with Crippen molar-refractivity contribution in [2.45, 2.75) is 39.7 Å². The molecule has 4 rings (SSSR count). The van der Waals surface area contributed by atoms with Gasteiger partial charge < -0.3 is 9.47 Å². The first-order valence-corrected chi connectivity index (χ1v) is 13.0. The van der Waals surface area contributed by atoms with Crippen LogP contribution in [-0.2, 0) is 6.61 Å². The minimum atomic E-state index is -0.230. The maximum atomic E-state index is 13.4. The highest BCUT2D eigenvalue weighted by Crippen LogP contribution is 2.37. The Balaban J connectivity index is 1.72. The van der Waals surface area contributed by atoms with E-state index in [-0.39, 0.29) is 11.5 Å². The maximum absolute atomic E-state index is 13.4. The zero-order chi connectivity index (χ0) is 25.7. The van der Waals surface area contributed by atoms with Crippen LogP contribution in [0, 0.1) is 0 Å². The number of halogens is 2. The largest absolute Gasteiger partial charge is 0.490 e. The second-order valence-corrected chi connectivity index (χ2v) is 9.66. The zero-order valence-electron chi connectivity index (χ0n) is 20.4. The van der Waals surface area contributed by atoms with Gasteiger partial charge in [-0.25, -0.2) is 4.98 Å². The molecule has 0 aliphatic carbocycles. The lowest BCUT2D eigenvalue weighted by molar-refractivity contribution is 0.269. The van der Waals surface area contributed by atoms with E-state index in [0.717, 1.165) is 16.5 Å². The first-order valence-electron chi connectivity index (χ1n) is 11.8. The number of aromatic nitrogens is 2. The van der Waals surface area contributed by atoms with Gasteiger partial charge in [-0.05, 0) is 54.8 Å². The second-order valence-electron chi connectivity index (χ2n) is 8.34. The average Bonchev–Trinajstić information content (AvgIpc) is 2.88. The van der Waals surface area contributed by atoms with Crippen molar-refractivity contribution in [3.8, 4) is 11.5 Å². The van der Waals surface area contributed by atoms with Crippen LogP contribution < -0.4 is 15.0 Å². The van der Waals surface area contributed by atoms with Crippen molar-refractivity contribution in [2.75, 3.05) is 6.61 Å². The summed E-state index contributed by atoms with van der Waals surface area (Å²) in [5.74, 6) is 1.62. The molecule has 0 saturated carbocycles. The Morgan fingerprint density at radius 3 is 2.61 bits per heavy atom. The van der Waals surface area contributed by atoms with Crippen LogP contribution in [0.4, 0.5) is 0 Å². The molecule has 186 valence electrons. The van der Waals surface area contributed by atoms with Gasteiger partial charge >= 0.3 is 0 Å². The molecule has 1 atom stereocenters. The number of fused-ring (bicyclic) bond motifs is 1. The number of benzene rings is 3. The fraction of sp³-hybridized carbons (Fsp3) is 0.250. The van der Waals surface area contributed by atoms with Gasteiger partial charge in [0.15, 0.2) is 11.5 Å². The molecule has 1 aromatic heterocycles. The minimum absolute atomic E-state index is 0.0410. The van der Waals surface area contributed by atoms with Gasteiger partial charge in [0.25, 0.3) is 5.56 Å². The third-order valence-electron chi connectivity index (χ3n) is 5.77. The third kappa shape index (κ3) is 5.79. The number of nitrogens with zero attached hydrogens (tertiary/aromatic N) is 3. The molecule has 6 nitrogen and oxygen atoms in total. The van der Waals surface area contributed by atoms with E-state index in [1.165, 1.54) is 4.68 Å². The predicted molar refractivity (Wildman–Crippen MR) is 149 cm³/mol. The summed E-state index contributed by atoms with van der Waals surface area (Å²) in [5.41, 5.74) is 2.11. The van der Waals surface area contributed by atoms with Gasteiger partial charge in [0.1, 0.15) is 12.4 Å². The van der Waals surface area contributed by atoms with Crippen molar-refractivity contribution in [3.05, 3.63) is 97.5 Å². The van der Waals surface area contributed by atoms with Crippen LogP contribution >= 0.6 is 27.5 Å². The first-order chi connectivity index (χ1) is 17.4. The van der Waals surface area contributed by atoms with Crippen molar-refractivity contribution in [2.24, 2.45) is 5.10 Å². The lowest BCUT2D eigenvalue weighted by Gasteiger charge is -2.15. The van der Waals surface area contributed by atoms with Crippen molar-refractivity contribution < 1.29 is 9.47 Å². The highest BCUT2D eigenvalue weighted by atomic mass is 79.9. The van der Waals surface area contributed by atoms with Gasteiger partial charge in [0.2, 0.25) is 0 Å². The van der Waals surface area contributed by atoms with E-state index in [4.69, 9.17) is 26.1 Å². The summed E-state index contributed by atoms with van der Waals surface area (Å²) >= 11 is 10.0. The topological polar surface area (TPSA) is 65.7 Å². The second kappa shape index (κ2) is 11.7. The number of rotatable bonds is 9. The molecular formula is C28H27BrClN3O3. The molecule has 0 bridgehead atoms. The summed E-state index contributed by atoms with van der Waals surface area (Å²) in [7, 11) is 0. The summed E-state index contributed by atoms with van der Waals surface area (Å²) in [6.45, 7) is 6.78. The molecule has 1 heterocycles. The molecule has 0 radical (unpaired) electrons. The first kappa shape index (κ1) is 25.9. The third-order valence-corrected chi connectivity index (χ3v) is 6.54. The van der Waals surface area contributed by atoms with E-state index >= 15 is 0 Å². The Morgan fingerprint density at radius 1 is 1.11 bits per heavy atom. The zero-order valence-corrected chi connectivity index (χ0v) is 22.7. The van der Waals surface area contributed by atoms with E-state index in [9.17, 15) is 4.79 Å². The van der Waals surface area contributed by atoms with E-state index in [2.05, 4.69) is 28.0 Å². The van der Waals surface area contributed by atoms with Crippen LogP contribution in [0.25, 0.3) is 10.9 Å². The van der Waals surface area contributed by atoms with E-state index in [0.29, 0.717) is 52.0 Å². The van der Waals surface area contributed by atoms with Gasteiger partial charge in [-0.15, -0.1) is 0 Å². The summed E-state index contributed by atoms with van der Waals surface area (Å²) in [5, 5.41) is 5.43. The fourth-order valence-electron chi connectivity index (χ4n) is 3.70. The van der Waals surface area contributed by atoms with Gasteiger partial charge in [-0.3, -0.25) is 4.79 Å². The van der Waals surface area contributed by atoms with E-state index < -0.39 is 0 Å². The summed E-state index contributed by atoms with van der Waals surface area (Å²) in [4.78, 5) is 18.1. The van der Waals surface area contributed by atoms with Gasteiger partial charge in [-0.2, -0.15) is 9.78 Å². The normalized spacial score (nSPS) is 12.2. The van der Waals surface area contributed by atoms with Crippen LogP contribution in [0.15, 0.2) is 75.0 Å². The smallest absolute Gasteiger partial charge is 0.282 e. The minimum Gasteiger partial charge on any atom is -0.490 e. The van der Waals surface area contributed by atoms with E-state index in [1.54, 1.807) is 24.4 Å². The van der Waals surface area contributed by atoms with Crippen LogP contribution in [-0.4, -0.2) is 22.5 Å². The predicted octanol–water partition coefficient (Wildman–Crippen LogP) is 7.19. The lowest BCUT2D eigenvalue weighted by Crippen LogP contribution is -2.23. The quantitative estimate of drug-likeness (QED) is 0.201. The standard InChI is InChI=1S/C28H27BrClN3O3/c1-4-18(3)27-32-24-12-11-21(29)15-22(24)28(34)33(27)31-16-20-13-23(30)26(25(14-20)35-5-2)36-17-19-9-7-6-8-10-19/h6-16,18H,4-5,17H2,1-3H3/t18-/m0/s1. The molecule has 0 unspecified atom stereocenters. The molecule has 0 aliphatic heterocycles. The van der Waals surface area contributed by atoms with Crippen LogP contribution in [0.2, 0.25) is 5.02 Å². The Bertz CT molecular complexity index is 1450. The summed E-state index contributed by atoms with van der Waals surface area (Å²) < 4.78 is 14.0. The molecule has 3 aromatic carbocycles. The molecule has 0 fully saturated rings. The molecule has 0 amide bonds. The molecule has 0 saturated heterocycles. The number of hydrogen-bond acceptors (Lipinski definition) is 5. The molecular weight excluding hydrogens is 542 g/mol. The fourth-order valence-corrected chi connectivity index (χ4v) is 4.33.